The molecule has 3 aromatic rings. The molecular weight excluding hydrogens is 485 g/mol. The van der Waals surface area contributed by atoms with Gasteiger partial charge < -0.3 is 21.1 Å². The van der Waals surface area contributed by atoms with E-state index in [-0.39, 0.29) is 16.6 Å². The van der Waals surface area contributed by atoms with Crippen LogP contribution in [0.2, 0.25) is 0 Å². The van der Waals surface area contributed by atoms with Crippen molar-refractivity contribution in [2.45, 2.75) is 26.1 Å². The lowest BCUT2D eigenvalue weighted by Crippen LogP contribution is -2.44. The Bertz CT molecular complexity index is 1210. The highest BCUT2D eigenvalue weighted by molar-refractivity contribution is 7.12. The number of amides is 3. The molecule has 0 aliphatic heterocycles. The molecule has 0 fully saturated rings. The lowest BCUT2D eigenvalue weighted by molar-refractivity contribution is -0.140. The summed E-state index contributed by atoms with van der Waals surface area (Å²) in [5.41, 5.74) is 0.962. The highest BCUT2D eigenvalue weighted by atomic mass is 32.1. The van der Waals surface area contributed by atoms with Crippen LogP contribution in [0.15, 0.2) is 53.9 Å². The van der Waals surface area contributed by atoms with Crippen LogP contribution in [0.25, 0.3) is 11.3 Å². The minimum atomic E-state index is -4.46. The zero-order valence-corrected chi connectivity index (χ0v) is 19.3. The number of nitrogens with zero attached hydrogens (tertiary/aromatic N) is 1. The van der Waals surface area contributed by atoms with E-state index in [1.54, 1.807) is 43.5 Å². The summed E-state index contributed by atoms with van der Waals surface area (Å²) in [5.74, 6) is -2.01. The zero-order valence-electron chi connectivity index (χ0n) is 18.5. The Labute approximate surface area is 202 Å². The molecule has 1 heterocycles. The summed E-state index contributed by atoms with van der Waals surface area (Å²) < 4.78 is 37.9. The average molecular weight is 507 g/mol. The van der Waals surface area contributed by atoms with Gasteiger partial charge in [0, 0.05) is 22.3 Å². The molecule has 1 unspecified atom stereocenters. The van der Waals surface area contributed by atoms with Gasteiger partial charge in [0.05, 0.1) is 11.3 Å². The van der Waals surface area contributed by atoms with Crippen LogP contribution >= 0.6 is 11.3 Å². The highest BCUT2D eigenvalue weighted by Gasteiger charge is 2.30. The van der Waals surface area contributed by atoms with E-state index in [1.165, 1.54) is 0 Å². The normalized spacial score (nSPS) is 12.2. The number of halogens is 3. The summed E-state index contributed by atoms with van der Waals surface area (Å²) >= 11 is 1.07. The van der Waals surface area contributed by atoms with Crippen LogP contribution in [-0.2, 0) is 11.0 Å². The van der Waals surface area contributed by atoms with Crippen LogP contribution in [-0.4, -0.2) is 34.0 Å². The second kappa shape index (κ2) is 10.6. The number of aliphatic carboxylic acids is 1. The standard InChI is InChI=1S/C23H21F3N4O4S/c1-12(2)18(21(32)33)30-19(31)20-29-17(11-35-20)13-3-7-15(8-4-13)27-22(34)28-16-9-5-14(6-10-16)23(24,25)26/h3-12,18H,1-2H3,(H,30,31)(H,32,33)(H2,27,28,34). The number of hydrogen-bond donors (Lipinski definition) is 4. The zero-order chi connectivity index (χ0) is 25.8. The van der Waals surface area contributed by atoms with Gasteiger partial charge in [0.2, 0.25) is 0 Å². The Balaban J connectivity index is 1.60. The summed E-state index contributed by atoms with van der Waals surface area (Å²) in [5, 5.41) is 18.5. The first-order valence-electron chi connectivity index (χ1n) is 10.3. The summed E-state index contributed by atoms with van der Waals surface area (Å²) in [4.78, 5) is 40.0. The van der Waals surface area contributed by atoms with Crippen LogP contribution in [0, 0.1) is 5.92 Å². The minimum absolute atomic E-state index is 0.116. The van der Waals surface area contributed by atoms with Crippen molar-refractivity contribution >= 4 is 40.6 Å². The van der Waals surface area contributed by atoms with Gasteiger partial charge in [-0.1, -0.05) is 26.0 Å². The number of carboxylic acids is 1. The number of anilines is 2. The number of nitrogens with one attached hydrogen (secondary N) is 3. The average Bonchev–Trinajstić information content (AvgIpc) is 3.27. The maximum absolute atomic E-state index is 12.6. The third kappa shape index (κ3) is 6.79. The molecule has 0 aliphatic rings. The van der Waals surface area contributed by atoms with E-state index in [2.05, 4.69) is 20.9 Å². The van der Waals surface area contributed by atoms with Gasteiger partial charge in [0.1, 0.15) is 6.04 Å². The van der Waals surface area contributed by atoms with Crippen LogP contribution in [0.3, 0.4) is 0 Å². The van der Waals surface area contributed by atoms with Crippen molar-refractivity contribution in [3.05, 3.63) is 64.5 Å². The molecule has 0 saturated heterocycles. The fraction of sp³-hybridized carbons (Fsp3) is 0.217. The molecule has 0 radical (unpaired) electrons. The van der Waals surface area contributed by atoms with E-state index in [0.29, 0.717) is 16.9 Å². The number of alkyl halides is 3. The molecule has 12 heteroatoms. The predicted molar refractivity (Wildman–Crippen MR) is 125 cm³/mol. The minimum Gasteiger partial charge on any atom is -0.480 e. The maximum atomic E-state index is 12.6. The molecule has 0 saturated carbocycles. The van der Waals surface area contributed by atoms with Crippen molar-refractivity contribution in [2.75, 3.05) is 10.6 Å². The molecule has 0 aliphatic carbocycles. The number of rotatable bonds is 7. The van der Waals surface area contributed by atoms with Gasteiger partial charge in [-0.15, -0.1) is 11.3 Å². The molecule has 0 bridgehead atoms. The van der Waals surface area contributed by atoms with Crippen molar-refractivity contribution in [3.63, 3.8) is 0 Å². The molecule has 4 N–H and O–H groups in total. The molecule has 1 aromatic heterocycles. The van der Waals surface area contributed by atoms with Gasteiger partial charge in [-0.3, -0.25) is 4.79 Å². The van der Waals surface area contributed by atoms with Crippen molar-refractivity contribution in [3.8, 4) is 11.3 Å². The molecular formula is C23H21F3N4O4S. The Hall–Kier alpha value is -3.93. The van der Waals surface area contributed by atoms with E-state index in [1.807, 2.05) is 0 Å². The molecule has 3 rings (SSSR count). The van der Waals surface area contributed by atoms with Gasteiger partial charge in [-0.05, 0) is 42.3 Å². The van der Waals surface area contributed by atoms with Crippen molar-refractivity contribution in [1.82, 2.24) is 10.3 Å². The summed E-state index contributed by atoms with van der Waals surface area (Å²) in [6.45, 7) is 3.37. The lowest BCUT2D eigenvalue weighted by Gasteiger charge is -2.16. The van der Waals surface area contributed by atoms with Crippen LogP contribution in [0.5, 0.6) is 0 Å². The second-order valence-electron chi connectivity index (χ2n) is 7.80. The SMILES string of the molecule is CC(C)C(NC(=O)c1nc(-c2ccc(NC(=O)Nc3ccc(C(F)(F)F)cc3)cc2)cs1)C(=O)O. The number of thiazole rings is 1. The smallest absolute Gasteiger partial charge is 0.416 e. The molecule has 184 valence electrons. The van der Waals surface area contributed by atoms with E-state index in [0.717, 1.165) is 35.6 Å². The predicted octanol–water partition coefficient (Wildman–Crippen LogP) is 5.31. The number of carboxylic acid groups (broad SMARTS) is 1. The van der Waals surface area contributed by atoms with Crippen molar-refractivity contribution in [1.29, 1.82) is 0 Å². The van der Waals surface area contributed by atoms with Gasteiger partial charge in [-0.2, -0.15) is 13.2 Å². The van der Waals surface area contributed by atoms with Crippen molar-refractivity contribution in [2.24, 2.45) is 5.92 Å². The molecule has 0 spiro atoms. The summed E-state index contributed by atoms with van der Waals surface area (Å²) in [7, 11) is 0. The Morgan fingerprint density at radius 3 is 1.97 bits per heavy atom. The maximum Gasteiger partial charge on any atom is 0.416 e. The topological polar surface area (TPSA) is 120 Å². The van der Waals surface area contributed by atoms with Gasteiger partial charge >= 0.3 is 18.2 Å². The highest BCUT2D eigenvalue weighted by Crippen LogP contribution is 2.30. The first kappa shape index (κ1) is 25.7. The van der Waals surface area contributed by atoms with E-state index < -0.39 is 35.7 Å². The van der Waals surface area contributed by atoms with Crippen LogP contribution in [0.1, 0.15) is 29.2 Å². The third-order valence-electron chi connectivity index (χ3n) is 4.83. The van der Waals surface area contributed by atoms with E-state index in [4.69, 9.17) is 0 Å². The molecule has 2 aromatic carbocycles. The monoisotopic (exact) mass is 506 g/mol. The molecule has 3 amide bonds. The number of carbonyl (C=O) groups is 3. The van der Waals surface area contributed by atoms with Crippen LogP contribution < -0.4 is 16.0 Å². The van der Waals surface area contributed by atoms with Gasteiger partial charge in [-0.25, -0.2) is 14.6 Å². The van der Waals surface area contributed by atoms with Gasteiger partial charge in [0.25, 0.3) is 5.91 Å². The first-order chi connectivity index (χ1) is 16.4. The molecule has 35 heavy (non-hydrogen) atoms. The van der Waals surface area contributed by atoms with Gasteiger partial charge in [0.15, 0.2) is 5.01 Å². The second-order valence-corrected chi connectivity index (χ2v) is 8.66. The quantitative estimate of drug-likeness (QED) is 0.346. The summed E-state index contributed by atoms with van der Waals surface area (Å²) in [6.07, 6.45) is -4.46. The number of hydrogen-bond acceptors (Lipinski definition) is 5. The number of urea groups is 1. The molecule has 8 nitrogen and oxygen atoms in total. The van der Waals surface area contributed by atoms with Crippen LogP contribution in [0.4, 0.5) is 29.3 Å². The summed E-state index contributed by atoms with van der Waals surface area (Å²) in [6, 6.07) is 8.91. The fourth-order valence-electron chi connectivity index (χ4n) is 2.99. The van der Waals surface area contributed by atoms with Crippen molar-refractivity contribution < 1.29 is 32.7 Å². The number of benzene rings is 2. The fourth-order valence-corrected chi connectivity index (χ4v) is 3.72. The Morgan fingerprint density at radius 2 is 1.49 bits per heavy atom. The molecule has 1 atom stereocenters. The van der Waals surface area contributed by atoms with E-state index >= 15 is 0 Å². The van der Waals surface area contributed by atoms with E-state index in [9.17, 15) is 32.7 Å². The lowest BCUT2D eigenvalue weighted by atomic mass is 10.1. The number of carbonyl (C=O) groups excluding carboxylic acids is 2. The first-order valence-corrected chi connectivity index (χ1v) is 11.2. The largest absolute Gasteiger partial charge is 0.480 e. The Kier molecular flexibility index (Phi) is 7.75. The Morgan fingerprint density at radius 1 is 0.943 bits per heavy atom. The third-order valence-corrected chi connectivity index (χ3v) is 5.67. The number of aromatic nitrogens is 1.